The number of thiophene rings is 1. The molecule has 4 rings (SSSR count). The molecule has 0 bridgehead atoms. The smallest absolute Gasteiger partial charge is 0.280 e. The Labute approximate surface area is 185 Å². The minimum atomic E-state index is -2.83. The fourth-order valence-corrected chi connectivity index (χ4v) is 4.59. The summed E-state index contributed by atoms with van der Waals surface area (Å²) < 4.78 is 29.0. The maximum absolute atomic E-state index is 13.5. The molecule has 13 heteroatoms. The Hall–Kier alpha value is -3.19. The topological polar surface area (TPSA) is 132 Å². The number of nitrogens with two attached hydrogens (primary N) is 1. The Bertz CT molecular complexity index is 1340. The molecule has 9 nitrogen and oxygen atoms in total. The molecule has 4 aromatic heterocycles. The summed E-state index contributed by atoms with van der Waals surface area (Å²) in [6.07, 6.45) is 0.229. The van der Waals surface area contributed by atoms with E-state index < -0.39 is 23.9 Å². The first-order valence-corrected chi connectivity index (χ1v) is 10.3. The number of hydrogen-bond donors (Lipinski definition) is 3. The van der Waals surface area contributed by atoms with E-state index in [0.29, 0.717) is 26.7 Å². The molecule has 4 N–H and O–H groups in total. The van der Waals surface area contributed by atoms with E-state index in [2.05, 4.69) is 41.5 Å². The summed E-state index contributed by atoms with van der Waals surface area (Å²) in [5, 5.41) is 13.6. The van der Waals surface area contributed by atoms with Crippen molar-refractivity contribution in [1.29, 1.82) is 0 Å². The Morgan fingerprint density at radius 3 is 2.65 bits per heavy atom. The number of carbonyl (C=O) groups excluding carboxylic acids is 2. The number of aromatic nitrogens is 5. The van der Waals surface area contributed by atoms with E-state index in [-0.39, 0.29) is 21.1 Å². The molecular weight excluding hydrogens is 496 g/mol. The number of halogens is 3. The number of H-pyrrole nitrogens is 1. The van der Waals surface area contributed by atoms with E-state index >= 15 is 0 Å². The first kappa shape index (κ1) is 21.1. The Morgan fingerprint density at radius 2 is 2.10 bits per heavy atom. The SMILES string of the molecule is Cc1nn(C)cc1-c1cc(C(F)F)nc2sc(C(N)=O)c(NC(=O)c3[nH]ncc3Br)c12. The van der Waals surface area contributed by atoms with Gasteiger partial charge in [-0.15, -0.1) is 11.3 Å². The van der Waals surface area contributed by atoms with Crippen molar-refractivity contribution in [3.05, 3.63) is 44.9 Å². The van der Waals surface area contributed by atoms with Crippen molar-refractivity contribution in [2.45, 2.75) is 13.3 Å². The summed E-state index contributed by atoms with van der Waals surface area (Å²) in [7, 11) is 1.70. The highest BCUT2D eigenvalue weighted by Crippen LogP contribution is 2.43. The van der Waals surface area contributed by atoms with Crippen LogP contribution in [0.2, 0.25) is 0 Å². The maximum atomic E-state index is 13.5. The van der Waals surface area contributed by atoms with Crippen LogP contribution in [-0.2, 0) is 7.05 Å². The van der Waals surface area contributed by atoms with Crippen LogP contribution in [0, 0.1) is 6.92 Å². The van der Waals surface area contributed by atoms with Gasteiger partial charge in [0.25, 0.3) is 18.2 Å². The number of rotatable bonds is 5. The molecule has 0 aromatic carbocycles. The number of hydrogen-bond acceptors (Lipinski definition) is 6. The molecule has 4 heterocycles. The van der Waals surface area contributed by atoms with Crippen molar-refractivity contribution in [3.8, 4) is 11.1 Å². The monoisotopic (exact) mass is 509 g/mol. The highest BCUT2D eigenvalue weighted by molar-refractivity contribution is 9.10. The van der Waals surface area contributed by atoms with Crippen LogP contribution in [0.1, 0.15) is 38.0 Å². The molecule has 4 aromatic rings. The van der Waals surface area contributed by atoms with Gasteiger partial charge in [0.2, 0.25) is 0 Å². The molecule has 0 atom stereocenters. The van der Waals surface area contributed by atoms with Crippen LogP contribution in [-0.4, -0.2) is 36.8 Å². The van der Waals surface area contributed by atoms with Gasteiger partial charge >= 0.3 is 0 Å². The van der Waals surface area contributed by atoms with Crippen LogP contribution in [0.25, 0.3) is 21.3 Å². The van der Waals surface area contributed by atoms with Crippen LogP contribution in [0.5, 0.6) is 0 Å². The van der Waals surface area contributed by atoms with E-state index in [1.807, 2.05) is 0 Å². The molecule has 0 unspecified atom stereocenters. The molecule has 31 heavy (non-hydrogen) atoms. The highest BCUT2D eigenvalue weighted by atomic mass is 79.9. The second kappa shape index (κ2) is 7.81. The number of nitrogens with one attached hydrogen (secondary N) is 2. The number of nitrogens with zero attached hydrogens (tertiary/aromatic N) is 4. The molecule has 0 fully saturated rings. The van der Waals surface area contributed by atoms with E-state index in [9.17, 15) is 18.4 Å². The number of fused-ring (bicyclic) bond motifs is 1. The van der Waals surface area contributed by atoms with Gasteiger partial charge in [0, 0.05) is 24.2 Å². The zero-order chi connectivity index (χ0) is 22.4. The lowest BCUT2D eigenvalue weighted by atomic mass is 10.0. The van der Waals surface area contributed by atoms with E-state index in [4.69, 9.17) is 5.73 Å². The molecule has 0 spiro atoms. The molecule has 0 saturated carbocycles. The number of aromatic amines is 1. The normalized spacial score (nSPS) is 11.4. The van der Waals surface area contributed by atoms with E-state index in [0.717, 1.165) is 11.3 Å². The second-order valence-corrected chi connectivity index (χ2v) is 8.45. The number of anilines is 1. The minimum Gasteiger partial charge on any atom is -0.365 e. The number of carbonyl (C=O) groups is 2. The van der Waals surface area contributed by atoms with Gasteiger partial charge < -0.3 is 11.1 Å². The average Bonchev–Trinajstić information content (AvgIpc) is 3.38. The summed E-state index contributed by atoms with van der Waals surface area (Å²) in [6.45, 7) is 1.73. The van der Waals surface area contributed by atoms with Gasteiger partial charge in [0.15, 0.2) is 0 Å². The summed E-state index contributed by atoms with van der Waals surface area (Å²) in [6, 6.07) is 1.23. The number of primary amides is 1. The van der Waals surface area contributed by atoms with Gasteiger partial charge in [-0.25, -0.2) is 13.8 Å². The zero-order valence-electron chi connectivity index (χ0n) is 16.0. The lowest BCUT2D eigenvalue weighted by Crippen LogP contribution is -2.17. The third kappa shape index (κ3) is 3.70. The maximum Gasteiger partial charge on any atom is 0.280 e. The molecule has 0 saturated heterocycles. The molecule has 2 amide bonds. The predicted molar refractivity (Wildman–Crippen MR) is 114 cm³/mol. The van der Waals surface area contributed by atoms with Crippen LogP contribution in [0.15, 0.2) is 22.9 Å². The van der Waals surface area contributed by atoms with Crippen molar-refractivity contribution in [3.63, 3.8) is 0 Å². The second-order valence-electron chi connectivity index (χ2n) is 6.59. The number of pyridine rings is 1. The first-order valence-electron chi connectivity index (χ1n) is 8.73. The fraction of sp³-hybridized carbons (Fsp3) is 0.167. The quantitative estimate of drug-likeness (QED) is 0.376. The molecule has 0 aliphatic heterocycles. The Morgan fingerprint density at radius 1 is 1.35 bits per heavy atom. The van der Waals surface area contributed by atoms with Crippen molar-refractivity contribution in [2.75, 3.05) is 5.32 Å². The van der Waals surface area contributed by atoms with Crippen molar-refractivity contribution < 1.29 is 18.4 Å². The highest BCUT2D eigenvalue weighted by Gasteiger charge is 2.27. The fourth-order valence-electron chi connectivity index (χ4n) is 3.21. The summed E-state index contributed by atoms with van der Waals surface area (Å²) in [5.74, 6) is -1.42. The third-order valence-electron chi connectivity index (χ3n) is 4.49. The summed E-state index contributed by atoms with van der Waals surface area (Å²) in [5.41, 5.74) is 6.76. The molecule has 160 valence electrons. The molecule has 0 aliphatic carbocycles. The minimum absolute atomic E-state index is 0.0132. The largest absolute Gasteiger partial charge is 0.365 e. The summed E-state index contributed by atoms with van der Waals surface area (Å²) in [4.78, 5) is 29.0. The zero-order valence-corrected chi connectivity index (χ0v) is 18.4. The Kier molecular flexibility index (Phi) is 5.31. The third-order valence-corrected chi connectivity index (χ3v) is 6.19. The summed E-state index contributed by atoms with van der Waals surface area (Å²) >= 11 is 4.04. The van der Waals surface area contributed by atoms with Crippen molar-refractivity contribution >= 4 is 55.0 Å². The van der Waals surface area contributed by atoms with Crippen LogP contribution in [0.4, 0.5) is 14.5 Å². The number of alkyl halides is 2. The van der Waals surface area contributed by atoms with Crippen LogP contribution in [0.3, 0.4) is 0 Å². The Balaban J connectivity index is 2.01. The molecular formula is C18H14BrF2N7O2S. The van der Waals surface area contributed by atoms with Gasteiger partial charge in [-0.05, 0) is 34.5 Å². The lowest BCUT2D eigenvalue weighted by Gasteiger charge is -2.10. The van der Waals surface area contributed by atoms with E-state index in [1.54, 1.807) is 24.9 Å². The number of aryl methyl sites for hydroxylation is 2. The van der Waals surface area contributed by atoms with E-state index in [1.165, 1.54) is 12.3 Å². The molecule has 0 radical (unpaired) electrons. The standard InChI is InChI=1S/C18H14BrF2N7O2S/c1-6-8(5-28(2)27-6)7-3-10(15(20)21)24-18-11(7)13(14(31-18)16(22)29)25-17(30)12-9(19)4-23-26-12/h3-5,15H,1-2H3,(H2,22,29)(H,23,26)(H,25,30). The van der Waals surface area contributed by atoms with Crippen molar-refractivity contribution in [2.24, 2.45) is 12.8 Å². The van der Waals surface area contributed by atoms with Gasteiger partial charge in [0.1, 0.15) is 21.1 Å². The average molecular weight is 510 g/mol. The lowest BCUT2D eigenvalue weighted by molar-refractivity contribution is 0.100. The first-order chi connectivity index (χ1) is 14.7. The van der Waals surface area contributed by atoms with Gasteiger partial charge in [-0.2, -0.15) is 10.2 Å². The van der Waals surface area contributed by atoms with Gasteiger partial charge in [-0.3, -0.25) is 19.4 Å². The van der Waals surface area contributed by atoms with Crippen LogP contribution >= 0.6 is 27.3 Å². The number of amides is 2. The predicted octanol–water partition coefficient (Wildman–Crippen LogP) is 3.78. The van der Waals surface area contributed by atoms with Crippen molar-refractivity contribution in [1.82, 2.24) is 25.0 Å². The van der Waals surface area contributed by atoms with Gasteiger partial charge in [0.05, 0.1) is 22.1 Å². The van der Waals surface area contributed by atoms with Gasteiger partial charge in [-0.1, -0.05) is 0 Å². The molecule has 0 aliphatic rings. The van der Waals surface area contributed by atoms with Crippen LogP contribution < -0.4 is 11.1 Å².